The molecule has 0 bridgehead atoms. The van der Waals surface area contributed by atoms with E-state index in [0.29, 0.717) is 24.2 Å². The Morgan fingerprint density at radius 1 is 0.620 bits per heavy atom. The first kappa shape index (κ1) is 43.3. The zero-order valence-corrected chi connectivity index (χ0v) is 34.9. The summed E-state index contributed by atoms with van der Waals surface area (Å²) in [6, 6.07) is 19.8. The van der Waals surface area contributed by atoms with Crippen molar-refractivity contribution < 1.29 is 53.3 Å². The molecule has 1 aliphatic carbocycles. The van der Waals surface area contributed by atoms with Gasteiger partial charge in [-0.2, -0.15) is 0 Å². The topological polar surface area (TPSA) is 78.6 Å². The van der Waals surface area contributed by atoms with Crippen LogP contribution >= 0.6 is 0 Å². The van der Waals surface area contributed by atoms with E-state index in [2.05, 4.69) is 57.8 Å². The molecule has 1 fully saturated rings. The van der Waals surface area contributed by atoms with Gasteiger partial charge >= 0.3 is 22.1 Å². The Balaban J connectivity index is 0.00000213. The van der Waals surface area contributed by atoms with Crippen LogP contribution in [-0.2, 0) is 23.9 Å². The maximum atomic E-state index is 13.7. The molecule has 50 heavy (non-hydrogen) atoms. The first-order valence-electron chi connectivity index (χ1n) is 17.1. The van der Waals surface area contributed by atoms with Crippen LogP contribution in [-0.4, -0.2) is 40.8 Å². The van der Waals surface area contributed by atoms with E-state index in [4.69, 9.17) is 9.98 Å². The van der Waals surface area contributed by atoms with E-state index in [9.17, 15) is 10.2 Å². The number of benzene rings is 2. The molecule has 5 rings (SSSR count). The monoisotopic (exact) mass is 816 g/mol. The van der Waals surface area contributed by atoms with Gasteiger partial charge in [-0.05, 0) is 58.1 Å². The Morgan fingerprint density at radius 2 is 0.960 bits per heavy atom. The van der Waals surface area contributed by atoms with Crippen LogP contribution in [0.1, 0.15) is 101 Å². The van der Waals surface area contributed by atoms with Crippen molar-refractivity contribution in [3.63, 3.8) is 0 Å². The Hall–Kier alpha value is -2.83. The summed E-state index contributed by atoms with van der Waals surface area (Å²) in [6.45, 7) is 14.0. The quantitative estimate of drug-likeness (QED) is 0.145. The number of rotatable bonds is 8. The molecule has 2 aromatic heterocycles. The van der Waals surface area contributed by atoms with Gasteiger partial charge < -0.3 is 44.2 Å². The maximum absolute atomic E-state index is 13.7. The molecule has 1 saturated carbocycles. The Kier molecular flexibility index (Phi) is 17.1. The van der Waals surface area contributed by atoms with Gasteiger partial charge in [0.25, 0.3) is 0 Å². The molecule has 0 aliphatic heterocycles. The van der Waals surface area contributed by atoms with Crippen molar-refractivity contribution in [1.29, 1.82) is 0 Å². The summed E-state index contributed by atoms with van der Waals surface area (Å²) in [4.78, 5) is 10.0. The van der Waals surface area contributed by atoms with Gasteiger partial charge in [0.15, 0.2) is 37.9 Å². The van der Waals surface area contributed by atoms with Gasteiger partial charge in [-0.3, -0.25) is 9.98 Å². The molecule has 2 heterocycles. The van der Waals surface area contributed by atoms with E-state index in [1.165, 1.54) is 0 Å². The van der Waals surface area contributed by atoms with Crippen LogP contribution in [0.25, 0.3) is 0 Å². The molecular formula is C41H51AlBr2N4O2. The Morgan fingerprint density at radius 3 is 1.28 bits per heavy atom. The van der Waals surface area contributed by atoms with Crippen LogP contribution in [0.2, 0.25) is 5.79 Å². The summed E-state index contributed by atoms with van der Waals surface area (Å²) in [5, 5.41) is 27.3. The zero-order chi connectivity index (χ0) is 34.9. The Bertz CT molecular complexity index is 1580. The standard InChI is InChI=1S/C40H48N4O2.CH3.Al.2BrH/c1-39(2,3)33-21-29(37(45)31(23-33)27-43-17-11-7-12-18-43)25-41-35-15-9-10-16-36(35)42-26-30-22-34(40(4,5)6)24-32(38(30)46)28-44-19-13-8-14-20-44;;;;/h7-8,11-14,17-26,35-36H,9-10,15-16,27-28H2,1-6H3;1H3;;2*1H/q;;+2;;/p-2/t35-,36-;;;;/m0..../s1. The molecule has 6 nitrogen and oxygen atoms in total. The van der Waals surface area contributed by atoms with Gasteiger partial charge in [0.1, 0.15) is 0 Å². The van der Waals surface area contributed by atoms with Crippen molar-refractivity contribution in [2.45, 2.75) is 109 Å². The first-order valence-corrected chi connectivity index (χ1v) is 18.2. The van der Waals surface area contributed by atoms with Gasteiger partial charge in [0.2, 0.25) is 0 Å². The molecule has 2 atom stereocenters. The third-order valence-corrected chi connectivity index (χ3v) is 8.89. The fourth-order valence-electron chi connectivity index (χ4n) is 5.98. The van der Waals surface area contributed by atoms with Crippen LogP contribution in [0.5, 0.6) is 11.5 Å². The molecule has 0 unspecified atom stereocenters. The second-order valence-corrected chi connectivity index (χ2v) is 14.7. The molecule has 4 aromatic rings. The molecule has 2 aromatic carbocycles. The summed E-state index contributed by atoms with van der Waals surface area (Å²) >= 11 is 2.42. The van der Waals surface area contributed by atoms with E-state index in [1.54, 1.807) is 12.4 Å². The SMILES string of the molecule is CC(C)(C)c1cc(C=N[C@H]2CCCC[C@@H]2N=Cc2cc(C(C)(C)C)cc(C[n+]3ccccc3)c2[O-])c([O-])c(C[n+]2ccccc2)c1.[Br-].[Br-].[CH3][Al+2]. The van der Waals surface area contributed by atoms with Crippen molar-refractivity contribution in [1.82, 2.24) is 0 Å². The Labute approximate surface area is 329 Å². The van der Waals surface area contributed by atoms with Crippen LogP contribution in [0.15, 0.2) is 95.4 Å². The minimum absolute atomic E-state index is 0. The van der Waals surface area contributed by atoms with Crippen molar-refractivity contribution in [3.05, 3.63) is 119 Å². The number of hydrogen-bond acceptors (Lipinski definition) is 4. The van der Waals surface area contributed by atoms with Gasteiger partial charge in [0, 0.05) is 47.8 Å². The summed E-state index contributed by atoms with van der Waals surface area (Å²) in [6.07, 6.45) is 15.4. The second-order valence-electron chi connectivity index (χ2n) is 14.7. The molecule has 0 amide bonds. The molecule has 0 N–H and O–H groups in total. The molecule has 9 heteroatoms. The number of pyridine rings is 2. The number of aliphatic imine (C=N–C) groups is 2. The van der Waals surface area contributed by atoms with E-state index in [0.717, 1.165) is 47.9 Å². The first-order chi connectivity index (χ1) is 22.9. The average molecular weight is 819 g/mol. The summed E-state index contributed by atoms with van der Waals surface area (Å²) in [7, 11) is 0. The second kappa shape index (κ2) is 19.7. The summed E-state index contributed by atoms with van der Waals surface area (Å²) in [5.74, 6) is 1.95. The minimum atomic E-state index is -0.112. The van der Waals surface area contributed by atoms with E-state index in [-0.39, 0.29) is 68.4 Å². The van der Waals surface area contributed by atoms with E-state index >= 15 is 0 Å². The number of hydrogen-bond donors (Lipinski definition) is 0. The molecule has 0 saturated heterocycles. The van der Waals surface area contributed by atoms with Crippen LogP contribution < -0.4 is 53.3 Å². The van der Waals surface area contributed by atoms with Crippen molar-refractivity contribution in [2.24, 2.45) is 9.98 Å². The summed E-state index contributed by atoms with van der Waals surface area (Å²) < 4.78 is 4.05. The third-order valence-electron chi connectivity index (χ3n) is 8.89. The average Bonchev–Trinajstić information content (AvgIpc) is 3.06. The van der Waals surface area contributed by atoms with E-state index in [1.807, 2.05) is 100 Å². The van der Waals surface area contributed by atoms with E-state index < -0.39 is 0 Å². The molecule has 0 spiro atoms. The normalized spacial score (nSPS) is 16.3. The predicted molar refractivity (Wildman–Crippen MR) is 194 cm³/mol. The number of aromatic nitrogens is 2. The van der Waals surface area contributed by atoms with Gasteiger partial charge in [-0.25, -0.2) is 9.13 Å². The van der Waals surface area contributed by atoms with Crippen LogP contribution in [0.4, 0.5) is 0 Å². The van der Waals surface area contributed by atoms with Gasteiger partial charge in [-0.1, -0.05) is 90.1 Å². The molecule has 264 valence electrons. The number of nitrogens with zero attached hydrogens (tertiary/aromatic N) is 4. The molecular weight excluding hydrogens is 767 g/mol. The summed E-state index contributed by atoms with van der Waals surface area (Å²) in [5.41, 5.74) is 4.77. The predicted octanol–water partition coefficient (Wildman–Crippen LogP) is 0.161. The third kappa shape index (κ3) is 11.9. The van der Waals surface area contributed by atoms with Gasteiger partial charge in [0.05, 0.1) is 12.1 Å². The van der Waals surface area contributed by atoms with Gasteiger partial charge in [-0.15, -0.1) is 0 Å². The fraction of sp³-hybridized carbons (Fsp3) is 0.415. The fourth-order valence-corrected chi connectivity index (χ4v) is 5.98. The van der Waals surface area contributed by atoms with Crippen molar-refractivity contribution in [2.75, 3.05) is 0 Å². The number of halogens is 2. The molecule has 1 aliphatic rings. The van der Waals surface area contributed by atoms with Crippen molar-refractivity contribution in [3.8, 4) is 11.5 Å². The molecule has 0 radical (unpaired) electrons. The van der Waals surface area contributed by atoms with Crippen LogP contribution in [0, 0.1) is 0 Å². The zero-order valence-electron chi connectivity index (χ0n) is 30.6. The van der Waals surface area contributed by atoms with Crippen LogP contribution in [0.3, 0.4) is 0 Å². The van der Waals surface area contributed by atoms with Crippen molar-refractivity contribution >= 4 is 28.7 Å².